The summed E-state index contributed by atoms with van der Waals surface area (Å²) in [6.45, 7) is 1.75. The molecule has 28 heavy (non-hydrogen) atoms. The van der Waals surface area contributed by atoms with Crippen molar-refractivity contribution in [1.29, 1.82) is 0 Å². The summed E-state index contributed by atoms with van der Waals surface area (Å²) in [5.74, 6) is 1.18. The van der Waals surface area contributed by atoms with Crippen molar-refractivity contribution in [3.8, 4) is 5.75 Å². The van der Waals surface area contributed by atoms with Gasteiger partial charge in [0.25, 0.3) is 5.56 Å². The van der Waals surface area contributed by atoms with Gasteiger partial charge in [0.15, 0.2) is 6.17 Å². The quantitative estimate of drug-likeness (QED) is 0.731. The smallest absolute Gasteiger partial charge is 0.257 e. The van der Waals surface area contributed by atoms with Crippen LogP contribution in [-0.4, -0.2) is 22.6 Å². The predicted octanol–water partition coefficient (Wildman–Crippen LogP) is 3.14. The summed E-state index contributed by atoms with van der Waals surface area (Å²) < 4.78 is 20.0. The molecule has 1 aromatic heterocycles. The van der Waals surface area contributed by atoms with Crippen LogP contribution in [0.1, 0.15) is 17.4 Å². The summed E-state index contributed by atoms with van der Waals surface area (Å²) >= 11 is 0. The van der Waals surface area contributed by atoms with E-state index in [4.69, 9.17) is 4.74 Å². The molecule has 0 bridgehead atoms. The van der Waals surface area contributed by atoms with E-state index in [1.807, 2.05) is 24.3 Å². The molecule has 142 valence electrons. The highest BCUT2D eigenvalue weighted by molar-refractivity contribution is 6.03. The molecule has 0 fully saturated rings. The van der Waals surface area contributed by atoms with Gasteiger partial charge in [0, 0.05) is 17.4 Å². The average molecular weight is 379 g/mol. The molecule has 7 nitrogen and oxygen atoms in total. The number of aryl methyl sites for hydroxylation is 1. The first-order valence-electron chi connectivity index (χ1n) is 8.65. The highest BCUT2D eigenvalue weighted by atomic mass is 19.1. The van der Waals surface area contributed by atoms with Gasteiger partial charge in [-0.3, -0.25) is 14.7 Å². The topological polar surface area (TPSA) is 80.5 Å². The lowest BCUT2D eigenvalue weighted by Gasteiger charge is -2.27. The van der Waals surface area contributed by atoms with Gasteiger partial charge in [-0.2, -0.15) is 0 Å². The lowest BCUT2D eigenvalue weighted by Crippen LogP contribution is -2.37. The maximum absolute atomic E-state index is 13.4. The van der Waals surface area contributed by atoms with Gasteiger partial charge in [0.1, 0.15) is 11.6 Å². The van der Waals surface area contributed by atoms with Crippen LogP contribution in [-0.2, 0) is 0 Å². The van der Waals surface area contributed by atoms with Crippen LogP contribution in [0.4, 0.5) is 16.0 Å². The van der Waals surface area contributed by atoms with Crippen molar-refractivity contribution >= 4 is 17.6 Å². The molecule has 2 N–H and O–H groups in total. The van der Waals surface area contributed by atoms with Gasteiger partial charge in [-0.15, -0.1) is 0 Å². The van der Waals surface area contributed by atoms with Crippen molar-refractivity contribution in [3.63, 3.8) is 0 Å². The SMILES string of the molecule is COc1ccc(NC2=N[C@@H](c3ccc(F)cc3)n3c(nc(C)cc3=O)N2)cc1. The summed E-state index contributed by atoms with van der Waals surface area (Å²) in [4.78, 5) is 21.6. The predicted molar refractivity (Wildman–Crippen MR) is 105 cm³/mol. The Morgan fingerprint density at radius 3 is 2.54 bits per heavy atom. The van der Waals surface area contributed by atoms with E-state index in [1.165, 1.54) is 22.8 Å². The molecule has 1 aliphatic rings. The second kappa shape index (κ2) is 7.15. The first-order chi connectivity index (χ1) is 13.5. The lowest BCUT2D eigenvalue weighted by molar-refractivity contribution is 0.415. The molecule has 0 spiro atoms. The van der Waals surface area contributed by atoms with Gasteiger partial charge in [-0.05, 0) is 48.9 Å². The number of guanidine groups is 1. The molecule has 2 aromatic carbocycles. The zero-order valence-corrected chi connectivity index (χ0v) is 15.3. The van der Waals surface area contributed by atoms with Crippen LogP contribution >= 0.6 is 0 Å². The second-order valence-corrected chi connectivity index (χ2v) is 6.31. The molecule has 2 heterocycles. The third kappa shape index (κ3) is 3.44. The Bertz CT molecular complexity index is 1090. The van der Waals surface area contributed by atoms with Gasteiger partial charge in [-0.1, -0.05) is 12.1 Å². The van der Waals surface area contributed by atoms with Crippen LogP contribution in [0, 0.1) is 12.7 Å². The number of fused-ring (bicyclic) bond motifs is 1. The lowest BCUT2D eigenvalue weighted by atomic mass is 10.1. The van der Waals surface area contributed by atoms with Crippen LogP contribution in [0.25, 0.3) is 0 Å². The Hall–Kier alpha value is -3.68. The first kappa shape index (κ1) is 17.7. The fraction of sp³-hybridized carbons (Fsp3) is 0.150. The molecule has 1 aliphatic heterocycles. The van der Waals surface area contributed by atoms with Gasteiger partial charge >= 0.3 is 0 Å². The first-order valence-corrected chi connectivity index (χ1v) is 8.65. The van der Waals surface area contributed by atoms with Gasteiger partial charge < -0.3 is 10.1 Å². The summed E-state index contributed by atoms with van der Waals surface area (Å²) in [5.41, 5.74) is 1.81. The largest absolute Gasteiger partial charge is 0.497 e. The maximum atomic E-state index is 13.4. The number of halogens is 1. The monoisotopic (exact) mass is 379 g/mol. The Morgan fingerprint density at radius 1 is 1.14 bits per heavy atom. The fourth-order valence-corrected chi connectivity index (χ4v) is 2.98. The number of benzene rings is 2. The van der Waals surface area contributed by atoms with Crippen LogP contribution in [0.15, 0.2) is 64.4 Å². The molecular formula is C20H18FN5O2. The third-order valence-electron chi connectivity index (χ3n) is 4.33. The number of hydrogen-bond acceptors (Lipinski definition) is 6. The fourth-order valence-electron chi connectivity index (χ4n) is 2.98. The number of ether oxygens (including phenoxy) is 1. The van der Waals surface area contributed by atoms with Crippen LogP contribution < -0.4 is 20.9 Å². The number of aliphatic imine (C=N–C) groups is 1. The van der Waals surface area contributed by atoms with E-state index in [-0.39, 0.29) is 11.4 Å². The number of hydrogen-bond donors (Lipinski definition) is 2. The minimum absolute atomic E-state index is 0.239. The Labute approximate surface area is 160 Å². The van der Waals surface area contributed by atoms with E-state index < -0.39 is 6.17 Å². The van der Waals surface area contributed by atoms with Crippen molar-refractivity contribution < 1.29 is 9.13 Å². The number of anilines is 2. The molecule has 0 radical (unpaired) electrons. The molecule has 0 aliphatic carbocycles. The van der Waals surface area contributed by atoms with E-state index >= 15 is 0 Å². The highest BCUT2D eigenvalue weighted by Crippen LogP contribution is 2.26. The van der Waals surface area contributed by atoms with E-state index in [0.29, 0.717) is 23.2 Å². The Kier molecular flexibility index (Phi) is 4.52. The third-order valence-corrected chi connectivity index (χ3v) is 4.33. The number of rotatable bonds is 3. The average Bonchev–Trinajstić information content (AvgIpc) is 2.68. The number of methoxy groups -OCH3 is 1. The van der Waals surface area contributed by atoms with E-state index in [2.05, 4.69) is 20.6 Å². The van der Waals surface area contributed by atoms with Crippen LogP contribution in [0.3, 0.4) is 0 Å². The van der Waals surface area contributed by atoms with Gasteiger partial charge in [0.2, 0.25) is 11.9 Å². The maximum Gasteiger partial charge on any atom is 0.257 e. The summed E-state index contributed by atoms with van der Waals surface area (Å²) in [5, 5.41) is 6.23. The van der Waals surface area contributed by atoms with E-state index in [1.54, 1.807) is 26.2 Å². The van der Waals surface area contributed by atoms with Gasteiger partial charge in [0.05, 0.1) is 7.11 Å². The molecule has 1 atom stereocenters. The van der Waals surface area contributed by atoms with Crippen molar-refractivity contribution in [2.75, 3.05) is 17.7 Å². The van der Waals surface area contributed by atoms with Crippen LogP contribution in [0.2, 0.25) is 0 Å². The minimum Gasteiger partial charge on any atom is -0.497 e. The van der Waals surface area contributed by atoms with Crippen LogP contribution in [0.5, 0.6) is 5.75 Å². The molecule has 3 aromatic rings. The zero-order valence-electron chi connectivity index (χ0n) is 15.3. The van der Waals surface area contributed by atoms with Crippen molar-refractivity contribution in [2.24, 2.45) is 4.99 Å². The summed E-state index contributed by atoms with van der Waals surface area (Å²) in [6.07, 6.45) is -0.668. The standard InChI is InChI=1S/C20H18FN5O2/c1-12-11-17(27)26-18(13-3-5-14(21)6-4-13)24-19(25-20(26)22-12)23-15-7-9-16(28-2)10-8-15/h3-11,18H,1-2H3,(H2,22,23,24,25)/t18-/m1/s1. The number of nitrogens with zero attached hydrogens (tertiary/aromatic N) is 3. The Balaban J connectivity index is 1.75. The molecule has 0 unspecified atom stereocenters. The van der Waals surface area contributed by atoms with E-state index in [0.717, 1.165) is 11.4 Å². The normalized spacial score (nSPS) is 15.2. The summed E-state index contributed by atoms with van der Waals surface area (Å²) in [6, 6.07) is 14.7. The highest BCUT2D eigenvalue weighted by Gasteiger charge is 2.25. The van der Waals surface area contributed by atoms with Crippen molar-refractivity contribution in [2.45, 2.75) is 13.1 Å². The number of nitrogens with one attached hydrogen (secondary N) is 2. The molecule has 4 rings (SSSR count). The minimum atomic E-state index is -0.668. The second-order valence-electron chi connectivity index (χ2n) is 6.31. The zero-order chi connectivity index (χ0) is 19.7. The van der Waals surface area contributed by atoms with Crippen molar-refractivity contribution in [3.05, 3.63) is 82.0 Å². The summed E-state index contributed by atoms with van der Waals surface area (Å²) in [7, 11) is 1.60. The number of aromatic nitrogens is 2. The van der Waals surface area contributed by atoms with E-state index in [9.17, 15) is 9.18 Å². The van der Waals surface area contributed by atoms with Gasteiger partial charge in [-0.25, -0.2) is 14.4 Å². The molecule has 0 saturated carbocycles. The molecule has 8 heteroatoms. The molecular weight excluding hydrogens is 361 g/mol. The molecule has 0 saturated heterocycles. The van der Waals surface area contributed by atoms with Crippen molar-refractivity contribution in [1.82, 2.24) is 9.55 Å². The Morgan fingerprint density at radius 2 is 1.86 bits per heavy atom. The molecule has 0 amide bonds.